The number of nitrogens with zero attached hydrogens (tertiary/aromatic N) is 2. The molecular formula is C21H21ClN2O2S. The Morgan fingerprint density at radius 3 is 2.70 bits per heavy atom. The number of pyridine rings is 1. The molecule has 0 amide bonds. The van der Waals surface area contributed by atoms with Gasteiger partial charge >= 0.3 is 0 Å². The van der Waals surface area contributed by atoms with Crippen LogP contribution in [0.3, 0.4) is 0 Å². The third-order valence-corrected chi connectivity index (χ3v) is 6.45. The number of anilines is 1. The van der Waals surface area contributed by atoms with E-state index in [4.69, 9.17) is 16.3 Å². The fraction of sp³-hybridized carbons (Fsp3) is 0.429. The van der Waals surface area contributed by atoms with Gasteiger partial charge in [0.1, 0.15) is 10.2 Å². The van der Waals surface area contributed by atoms with Gasteiger partial charge < -0.3 is 9.64 Å². The molecule has 0 atom stereocenters. The first kappa shape index (κ1) is 18.5. The highest BCUT2D eigenvalue weighted by Gasteiger charge is 2.36. The zero-order chi connectivity index (χ0) is 19.0. The first-order chi connectivity index (χ1) is 12.9. The lowest BCUT2D eigenvalue weighted by atomic mass is 9.75. The molecule has 6 heteroatoms. The molecule has 2 aromatic rings. The molecule has 4 rings (SSSR count). The summed E-state index contributed by atoms with van der Waals surface area (Å²) in [5.74, 6) is 6.81. The van der Waals surface area contributed by atoms with Crippen LogP contribution in [0.5, 0.6) is 0 Å². The Bertz CT molecular complexity index is 932. The minimum Gasteiger partial charge on any atom is -0.378 e. The van der Waals surface area contributed by atoms with Gasteiger partial charge in [0, 0.05) is 31.3 Å². The SMILES string of the molecule is CC1(C)CC(=O)c2sc(N3CCOCC3)c(C#Cc3ccc(Cl)nc3)c2C1. The summed E-state index contributed by atoms with van der Waals surface area (Å²) < 4.78 is 5.50. The standard InChI is InChI=1S/C21H21ClN2O2S/c1-21(2)11-16-15(5-3-14-4-6-18(22)23-13-14)20(24-7-9-26-10-8-24)27-19(16)17(25)12-21/h4,6,13H,7-12H2,1-2H3. The van der Waals surface area contributed by atoms with Crippen molar-refractivity contribution in [1.82, 2.24) is 4.98 Å². The smallest absolute Gasteiger partial charge is 0.173 e. The number of halogens is 1. The zero-order valence-corrected chi connectivity index (χ0v) is 17.0. The number of Topliss-reactive ketones (excluding diaryl/α,β-unsaturated/α-hetero) is 1. The van der Waals surface area contributed by atoms with E-state index < -0.39 is 0 Å². The van der Waals surface area contributed by atoms with Crippen molar-refractivity contribution >= 4 is 33.7 Å². The van der Waals surface area contributed by atoms with Gasteiger partial charge in [0.15, 0.2) is 5.78 Å². The van der Waals surface area contributed by atoms with Crippen LogP contribution in [0.1, 0.15) is 46.6 Å². The molecule has 1 fully saturated rings. The predicted molar refractivity (Wildman–Crippen MR) is 109 cm³/mol. The molecule has 4 nitrogen and oxygen atoms in total. The van der Waals surface area contributed by atoms with Crippen LogP contribution in [0.4, 0.5) is 5.00 Å². The number of fused-ring (bicyclic) bond motifs is 1. The third-order valence-electron chi connectivity index (χ3n) is 4.89. The molecule has 140 valence electrons. The van der Waals surface area contributed by atoms with Gasteiger partial charge in [-0.15, -0.1) is 11.3 Å². The maximum absolute atomic E-state index is 12.8. The number of ether oxygens (including phenoxy) is 1. The van der Waals surface area contributed by atoms with Gasteiger partial charge in [0.25, 0.3) is 0 Å². The number of aromatic nitrogens is 1. The first-order valence-electron chi connectivity index (χ1n) is 9.08. The van der Waals surface area contributed by atoms with Crippen LogP contribution in [-0.4, -0.2) is 37.1 Å². The maximum Gasteiger partial charge on any atom is 0.173 e. The molecule has 1 saturated heterocycles. The molecule has 0 unspecified atom stereocenters. The second kappa shape index (κ2) is 7.27. The Labute approximate surface area is 168 Å². The highest BCUT2D eigenvalue weighted by molar-refractivity contribution is 7.18. The molecule has 0 saturated carbocycles. The van der Waals surface area contributed by atoms with Gasteiger partial charge in [-0.05, 0) is 29.5 Å². The average Bonchev–Trinajstić information content (AvgIpc) is 2.99. The summed E-state index contributed by atoms with van der Waals surface area (Å²) in [7, 11) is 0. The van der Waals surface area contributed by atoms with Crippen LogP contribution >= 0.6 is 22.9 Å². The minimum atomic E-state index is -0.0360. The van der Waals surface area contributed by atoms with Gasteiger partial charge in [-0.25, -0.2) is 4.98 Å². The molecule has 0 spiro atoms. The van der Waals surface area contributed by atoms with Crippen LogP contribution in [0, 0.1) is 17.3 Å². The van der Waals surface area contributed by atoms with Crippen molar-refractivity contribution in [3.05, 3.63) is 45.1 Å². The lowest BCUT2D eigenvalue weighted by Crippen LogP contribution is -2.36. The van der Waals surface area contributed by atoms with Crippen molar-refractivity contribution in [2.45, 2.75) is 26.7 Å². The number of morpholine rings is 1. The summed E-state index contributed by atoms with van der Waals surface area (Å²) in [6.45, 7) is 7.37. The molecule has 3 heterocycles. The number of rotatable bonds is 1. The normalized spacial score (nSPS) is 18.6. The summed E-state index contributed by atoms with van der Waals surface area (Å²) in [5, 5.41) is 1.55. The summed E-state index contributed by atoms with van der Waals surface area (Å²) in [6.07, 6.45) is 3.15. The summed E-state index contributed by atoms with van der Waals surface area (Å²) in [6, 6.07) is 3.61. The molecule has 1 aliphatic carbocycles. The number of carbonyl (C=O) groups is 1. The second-order valence-electron chi connectivity index (χ2n) is 7.75. The van der Waals surface area contributed by atoms with Gasteiger partial charge in [0.05, 0.1) is 23.7 Å². The lowest BCUT2D eigenvalue weighted by Gasteiger charge is -2.29. The molecule has 1 aliphatic heterocycles. The van der Waals surface area contributed by atoms with Gasteiger partial charge in [-0.3, -0.25) is 4.79 Å². The largest absolute Gasteiger partial charge is 0.378 e. The Morgan fingerprint density at radius 2 is 2.00 bits per heavy atom. The average molecular weight is 401 g/mol. The third kappa shape index (κ3) is 3.89. The number of ketones is 1. The first-order valence-corrected chi connectivity index (χ1v) is 10.3. The van der Waals surface area contributed by atoms with E-state index in [0.29, 0.717) is 24.8 Å². The molecule has 2 aliphatic rings. The van der Waals surface area contributed by atoms with E-state index in [9.17, 15) is 4.79 Å². The van der Waals surface area contributed by atoms with Crippen LogP contribution in [-0.2, 0) is 11.2 Å². The van der Waals surface area contributed by atoms with Crippen molar-refractivity contribution in [2.75, 3.05) is 31.2 Å². The Kier molecular flexibility index (Phi) is 4.98. The van der Waals surface area contributed by atoms with E-state index in [0.717, 1.165) is 46.1 Å². The van der Waals surface area contributed by atoms with Crippen molar-refractivity contribution < 1.29 is 9.53 Å². The Morgan fingerprint density at radius 1 is 1.22 bits per heavy atom. The molecule has 0 radical (unpaired) electrons. The van der Waals surface area contributed by atoms with Crippen LogP contribution in [0.25, 0.3) is 0 Å². The predicted octanol–water partition coefficient (Wildman–Crippen LogP) is 4.19. The van der Waals surface area contributed by atoms with Crippen molar-refractivity contribution in [3.63, 3.8) is 0 Å². The quantitative estimate of drug-likeness (QED) is 0.531. The number of hydrogen-bond acceptors (Lipinski definition) is 5. The van der Waals surface area contributed by atoms with Crippen molar-refractivity contribution in [1.29, 1.82) is 0 Å². The van der Waals surface area contributed by atoms with Crippen molar-refractivity contribution in [3.8, 4) is 11.8 Å². The van der Waals surface area contributed by atoms with Gasteiger partial charge in [-0.1, -0.05) is 37.3 Å². The van der Waals surface area contributed by atoms with E-state index in [1.54, 1.807) is 23.6 Å². The van der Waals surface area contributed by atoms with Crippen molar-refractivity contribution in [2.24, 2.45) is 5.41 Å². The van der Waals surface area contributed by atoms with E-state index in [1.807, 2.05) is 6.07 Å². The molecular weight excluding hydrogens is 380 g/mol. The minimum absolute atomic E-state index is 0.0360. The molecule has 0 N–H and O–H groups in total. The highest BCUT2D eigenvalue weighted by Crippen LogP contribution is 2.44. The summed E-state index contributed by atoms with van der Waals surface area (Å²) in [5.41, 5.74) is 2.88. The molecule has 0 aromatic carbocycles. The monoisotopic (exact) mass is 400 g/mol. The second-order valence-corrected chi connectivity index (χ2v) is 9.14. The van der Waals surface area contributed by atoms with Crippen LogP contribution < -0.4 is 4.90 Å². The topological polar surface area (TPSA) is 42.4 Å². The van der Waals surface area contributed by atoms with Crippen LogP contribution in [0.2, 0.25) is 5.15 Å². The maximum atomic E-state index is 12.8. The van der Waals surface area contributed by atoms with Gasteiger partial charge in [-0.2, -0.15) is 0 Å². The molecule has 27 heavy (non-hydrogen) atoms. The van der Waals surface area contributed by atoms with E-state index in [2.05, 4.69) is 35.6 Å². The Hall–Kier alpha value is -1.87. The highest BCUT2D eigenvalue weighted by atomic mass is 35.5. The summed E-state index contributed by atoms with van der Waals surface area (Å²) in [4.78, 5) is 20.0. The number of carbonyl (C=O) groups excluding carboxylic acids is 1. The zero-order valence-electron chi connectivity index (χ0n) is 15.5. The van der Waals surface area contributed by atoms with Crippen LogP contribution in [0.15, 0.2) is 18.3 Å². The van der Waals surface area contributed by atoms with Gasteiger partial charge in [0.2, 0.25) is 0 Å². The summed E-state index contributed by atoms with van der Waals surface area (Å²) >= 11 is 7.46. The Balaban J connectivity index is 1.80. The molecule has 2 aromatic heterocycles. The number of thiophene rings is 1. The van der Waals surface area contributed by atoms with E-state index >= 15 is 0 Å². The number of hydrogen-bond donors (Lipinski definition) is 0. The lowest BCUT2D eigenvalue weighted by molar-refractivity contribution is 0.0917. The van der Waals surface area contributed by atoms with E-state index in [-0.39, 0.29) is 11.2 Å². The fourth-order valence-electron chi connectivity index (χ4n) is 3.60. The van der Waals surface area contributed by atoms with E-state index in [1.165, 1.54) is 0 Å². The fourth-order valence-corrected chi connectivity index (χ4v) is 4.98. The molecule has 0 bridgehead atoms.